The Morgan fingerprint density at radius 2 is 1.94 bits per heavy atom. The molecular formula is C25H23N5O2S2. The van der Waals surface area contributed by atoms with Crippen LogP contribution in [0.2, 0.25) is 0 Å². The SMILES string of the molecule is COc1ccc(-c2csc(NC(=O)CCSc3nnc4cc(C)c5cccc(C)c5n34)n2)cc1. The highest BCUT2D eigenvalue weighted by molar-refractivity contribution is 7.99. The normalized spacial score (nSPS) is 11.3. The molecule has 5 aromatic rings. The Kier molecular flexibility index (Phi) is 6.21. The average Bonchev–Trinajstić information content (AvgIpc) is 3.46. The Bertz CT molecular complexity index is 1490. The molecule has 2 aromatic carbocycles. The van der Waals surface area contributed by atoms with Gasteiger partial charge >= 0.3 is 0 Å². The third-order valence-corrected chi connectivity index (χ3v) is 7.28. The van der Waals surface area contributed by atoms with Crippen LogP contribution in [0.25, 0.3) is 27.8 Å². The third-order valence-electron chi connectivity index (χ3n) is 5.59. The molecule has 1 amide bonds. The summed E-state index contributed by atoms with van der Waals surface area (Å²) >= 11 is 2.94. The lowest BCUT2D eigenvalue weighted by Gasteiger charge is -2.10. The summed E-state index contributed by atoms with van der Waals surface area (Å²) in [5.41, 5.74) is 6.08. The Morgan fingerprint density at radius 1 is 1.12 bits per heavy atom. The standard InChI is InChI=1S/C25H23N5O2S2/c1-15-5-4-6-19-16(2)13-21-28-29-25(30(21)23(15)19)33-12-11-22(31)27-24-26-20(14-34-24)17-7-9-18(32-3)10-8-17/h4-10,13-14H,11-12H2,1-3H3,(H,26,27,31). The number of fused-ring (bicyclic) bond motifs is 3. The van der Waals surface area contributed by atoms with Gasteiger partial charge in [0.05, 0.1) is 18.3 Å². The maximum absolute atomic E-state index is 12.5. The molecule has 34 heavy (non-hydrogen) atoms. The Morgan fingerprint density at radius 3 is 2.74 bits per heavy atom. The number of anilines is 1. The van der Waals surface area contributed by atoms with Gasteiger partial charge in [-0.05, 0) is 55.3 Å². The number of methoxy groups -OCH3 is 1. The highest BCUT2D eigenvalue weighted by Gasteiger charge is 2.14. The third kappa shape index (κ3) is 4.36. The number of hydrogen-bond donors (Lipinski definition) is 1. The number of benzene rings is 2. The van der Waals surface area contributed by atoms with Crippen LogP contribution < -0.4 is 10.1 Å². The first-order valence-corrected chi connectivity index (χ1v) is 12.7. The molecule has 0 aliphatic rings. The molecule has 0 fully saturated rings. The maximum atomic E-state index is 12.5. The molecule has 1 N–H and O–H groups in total. The zero-order valence-electron chi connectivity index (χ0n) is 19.0. The van der Waals surface area contributed by atoms with Gasteiger partial charge in [-0.2, -0.15) is 0 Å². The topological polar surface area (TPSA) is 81.4 Å². The number of thioether (sulfide) groups is 1. The number of ether oxygens (including phenoxy) is 1. The van der Waals surface area contributed by atoms with Crippen molar-refractivity contribution >= 4 is 50.7 Å². The molecule has 0 aliphatic heterocycles. The Balaban J connectivity index is 1.24. The molecule has 0 aliphatic carbocycles. The van der Waals surface area contributed by atoms with Gasteiger partial charge in [0.1, 0.15) is 5.75 Å². The quantitative estimate of drug-likeness (QED) is 0.293. The number of pyridine rings is 1. The first-order valence-electron chi connectivity index (χ1n) is 10.8. The molecule has 7 nitrogen and oxygen atoms in total. The van der Waals surface area contributed by atoms with Crippen LogP contribution in [0.1, 0.15) is 17.5 Å². The lowest BCUT2D eigenvalue weighted by molar-refractivity contribution is -0.115. The van der Waals surface area contributed by atoms with Crippen molar-refractivity contribution in [1.29, 1.82) is 0 Å². The van der Waals surface area contributed by atoms with Crippen LogP contribution in [-0.2, 0) is 4.79 Å². The first-order chi connectivity index (χ1) is 16.5. The van der Waals surface area contributed by atoms with Gasteiger partial charge in [0.25, 0.3) is 0 Å². The number of amides is 1. The van der Waals surface area contributed by atoms with E-state index in [4.69, 9.17) is 4.74 Å². The van der Waals surface area contributed by atoms with Gasteiger partial charge in [0.15, 0.2) is 15.9 Å². The van der Waals surface area contributed by atoms with Crippen molar-refractivity contribution in [2.75, 3.05) is 18.2 Å². The largest absolute Gasteiger partial charge is 0.497 e. The lowest BCUT2D eigenvalue weighted by Crippen LogP contribution is -2.12. The Hall–Kier alpha value is -3.43. The fourth-order valence-electron chi connectivity index (χ4n) is 3.87. The van der Waals surface area contributed by atoms with E-state index >= 15 is 0 Å². The molecule has 5 rings (SSSR count). The second-order valence-corrected chi connectivity index (χ2v) is 9.81. The van der Waals surface area contributed by atoms with Gasteiger partial charge < -0.3 is 10.1 Å². The van der Waals surface area contributed by atoms with Crippen molar-refractivity contribution in [2.24, 2.45) is 0 Å². The van der Waals surface area contributed by atoms with Crippen molar-refractivity contribution < 1.29 is 9.53 Å². The van der Waals surface area contributed by atoms with Crippen LogP contribution in [0.15, 0.2) is 59.1 Å². The molecule has 0 bridgehead atoms. The number of nitrogens with one attached hydrogen (secondary N) is 1. The van der Waals surface area contributed by atoms with Crippen molar-refractivity contribution in [1.82, 2.24) is 19.6 Å². The van der Waals surface area contributed by atoms with Crippen LogP contribution >= 0.6 is 23.1 Å². The predicted octanol–water partition coefficient (Wildman–Crippen LogP) is 5.75. The van der Waals surface area contributed by atoms with Crippen LogP contribution in [0, 0.1) is 13.8 Å². The zero-order valence-corrected chi connectivity index (χ0v) is 20.7. The summed E-state index contributed by atoms with van der Waals surface area (Å²) in [6, 6.07) is 16.0. The molecule has 0 spiro atoms. The summed E-state index contributed by atoms with van der Waals surface area (Å²) in [6.45, 7) is 4.18. The van der Waals surface area contributed by atoms with Crippen LogP contribution in [0.5, 0.6) is 5.75 Å². The van der Waals surface area contributed by atoms with Crippen molar-refractivity contribution in [3.8, 4) is 17.0 Å². The molecule has 0 saturated carbocycles. The number of rotatable bonds is 7. The molecule has 0 atom stereocenters. The lowest BCUT2D eigenvalue weighted by atomic mass is 10.1. The van der Waals surface area contributed by atoms with Gasteiger partial charge in [-0.15, -0.1) is 21.5 Å². The predicted molar refractivity (Wildman–Crippen MR) is 138 cm³/mol. The summed E-state index contributed by atoms with van der Waals surface area (Å²) in [7, 11) is 1.64. The van der Waals surface area contributed by atoms with E-state index in [-0.39, 0.29) is 5.91 Å². The Labute approximate surface area is 205 Å². The van der Waals surface area contributed by atoms with E-state index in [0.717, 1.165) is 33.3 Å². The van der Waals surface area contributed by atoms with E-state index in [2.05, 4.69) is 63.0 Å². The highest BCUT2D eigenvalue weighted by Crippen LogP contribution is 2.29. The molecule has 3 aromatic heterocycles. The smallest absolute Gasteiger partial charge is 0.226 e. The number of para-hydroxylation sites is 1. The molecule has 0 radical (unpaired) electrons. The van der Waals surface area contributed by atoms with Gasteiger partial charge in [0, 0.05) is 28.5 Å². The minimum Gasteiger partial charge on any atom is -0.497 e. The molecule has 0 unspecified atom stereocenters. The van der Waals surface area contributed by atoms with Crippen LogP contribution in [-0.4, -0.2) is 38.4 Å². The average molecular weight is 490 g/mol. The van der Waals surface area contributed by atoms with Gasteiger partial charge in [-0.25, -0.2) is 4.98 Å². The van der Waals surface area contributed by atoms with Crippen LogP contribution in [0.4, 0.5) is 5.13 Å². The van der Waals surface area contributed by atoms with Gasteiger partial charge in [0.2, 0.25) is 5.91 Å². The van der Waals surface area contributed by atoms with E-state index in [9.17, 15) is 4.79 Å². The number of aryl methyl sites for hydroxylation is 2. The number of hydrogen-bond acceptors (Lipinski definition) is 7. The number of carbonyl (C=O) groups excluding carboxylic acids is 1. The zero-order chi connectivity index (χ0) is 23.7. The number of thiazole rings is 1. The highest BCUT2D eigenvalue weighted by atomic mass is 32.2. The summed E-state index contributed by atoms with van der Waals surface area (Å²) < 4.78 is 7.28. The van der Waals surface area contributed by atoms with E-state index in [0.29, 0.717) is 17.3 Å². The van der Waals surface area contributed by atoms with Crippen LogP contribution in [0.3, 0.4) is 0 Å². The maximum Gasteiger partial charge on any atom is 0.226 e. The number of nitrogens with zero attached hydrogens (tertiary/aromatic N) is 4. The van der Waals surface area contributed by atoms with Crippen molar-refractivity contribution in [3.63, 3.8) is 0 Å². The van der Waals surface area contributed by atoms with E-state index in [1.54, 1.807) is 7.11 Å². The number of aromatic nitrogens is 4. The fraction of sp³-hybridized carbons (Fsp3) is 0.200. The van der Waals surface area contributed by atoms with Gasteiger partial charge in [-0.3, -0.25) is 9.20 Å². The van der Waals surface area contributed by atoms with Crippen molar-refractivity contribution in [3.05, 3.63) is 65.0 Å². The van der Waals surface area contributed by atoms with E-state index in [1.807, 2.05) is 29.6 Å². The van der Waals surface area contributed by atoms with E-state index in [1.165, 1.54) is 39.6 Å². The minimum absolute atomic E-state index is 0.0752. The second-order valence-electron chi connectivity index (χ2n) is 7.89. The molecule has 9 heteroatoms. The van der Waals surface area contributed by atoms with Gasteiger partial charge in [-0.1, -0.05) is 30.0 Å². The summed E-state index contributed by atoms with van der Waals surface area (Å²) in [5, 5.41) is 16.1. The molecule has 172 valence electrons. The van der Waals surface area contributed by atoms with Crippen molar-refractivity contribution in [2.45, 2.75) is 25.4 Å². The second kappa shape index (κ2) is 9.44. The molecule has 3 heterocycles. The summed E-state index contributed by atoms with van der Waals surface area (Å²) in [4.78, 5) is 17.1. The monoisotopic (exact) mass is 489 g/mol. The van der Waals surface area contributed by atoms with E-state index < -0.39 is 0 Å². The number of carbonyl (C=O) groups is 1. The minimum atomic E-state index is -0.0752. The fourth-order valence-corrected chi connectivity index (χ4v) is 5.48. The molecular weight excluding hydrogens is 466 g/mol. The summed E-state index contributed by atoms with van der Waals surface area (Å²) in [6.07, 6.45) is 0.347. The summed E-state index contributed by atoms with van der Waals surface area (Å²) in [5.74, 6) is 1.31. The molecule has 0 saturated heterocycles. The first kappa shape index (κ1) is 22.4.